The molecular weight excluding hydrogens is 491 g/mol. The zero-order valence-electron chi connectivity index (χ0n) is 17.9. The smallest absolute Gasteiger partial charge is 0.234 e. The second-order valence-corrected chi connectivity index (χ2v) is 8.14. The van der Waals surface area contributed by atoms with E-state index in [0.717, 1.165) is 57.9 Å². The molecule has 2 aromatic rings. The average Bonchev–Trinajstić information content (AvgIpc) is 3.43. The van der Waals surface area contributed by atoms with E-state index in [1.54, 1.807) is 0 Å². The van der Waals surface area contributed by atoms with Crippen LogP contribution in [-0.2, 0) is 11.2 Å². The fourth-order valence-corrected chi connectivity index (χ4v) is 4.03. The van der Waals surface area contributed by atoms with Gasteiger partial charge in [-0.15, -0.1) is 24.0 Å². The van der Waals surface area contributed by atoms with Gasteiger partial charge in [0.2, 0.25) is 5.91 Å². The third-order valence-corrected chi connectivity index (χ3v) is 5.88. The summed E-state index contributed by atoms with van der Waals surface area (Å²) >= 11 is 0. The Morgan fingerprint density at radius 2 is 2.00 bits per heavy atom. The standard InChI is InChI=1S/C22H32N6O.HI/c1-16-4-3-5-19-17(14-25-21(16)19)8-9-24-22(23-2)28-12-10-27(11-13-28)15-20(29)26-18-6-7-18;/h3-5,14,18,25H,6-13,15H2,1-2H3,(H,23,24)(H,26,29);1H. The molecule has 164 valence electrons. The van der Waals surface area contributed by atoms with Crippen LogP contribution < -0.4 is 10.6 Å². The zero-order valence-corrected chi connectivity index (χ0v) is 20.2. The fraction of sp³-hybridized carbons (Fsp3) is 0.545. The molecule has 8 heteroatoms. The second-order valence-electron chi connectivity index (χ2n) is 8.14. The van der Waals surface area contributed by atoms with Gasteiger partial charge in [-0.2, -0.15) is 0 Å². The molecule has 0 unspecified atom stereocenters. The van der Waals surface area contributed by atoms with Crippen molar-refractivity contribution >= 4 is 46.7 Å². The number of nitrogens with zero attached hydrogens (tertiary/aromatic N) is 3. The summed E-state index contributed by atoms with van der Waals surface area (Å²) in [7, 11) is 1.84. The molecule has 2 fully saturated rings. The van der Waals surface area contributed by atoms with Gasteiger partial charge in [-0.3, -0.25) is 14.7 Å². The van der Waals surface area contributed by atoms with Gasteiger partial charge in [-0.05, 0) is 37.3 Å². The van der Waals surface area contributed by atoms with E-state index in [0.29, 0.717) is 12.6 Å². The molecule has 0 radical (unpaired) electrons. The predicted molar refractivity (Wildman–Crippen MR) is 133 cm³/mol. The summed E-state index contributed by atoms with van der Waals surface area (Å²) in [5.74, 6) is 1.11. The predicted octanol–water partition coefficient (Wildman–Crippen LogP) is 2.11. The van der Waals surface area contributed by atoms with Crippen LogP contribution in [-0.4, -0.2) is 79.0 Å². The highest BCUT2D eigenvalue weighted by atomic mass is 127. The van der Waals surface area contributed by atoms with Gasteiger partial charge in [-0.25, -0.2) is 0 Å². The second kappa shape index (κ2) is 10.5. The zero-order chi connectivity index (χ0) is 20.2. The van der Waals surface area contributed by atoms with Gasteiger partial charge in [0.25, 0.3) is 0 Å². The molecule has 1 saturated heterocycles. The van der Waals surface area contributed by atoms with E-state index in [9.17, 15) is 4.79 Å². The highest BCUT2D eigenvalue weighted by Crippen LogP contribution is 2.21. The minimum Gasteiger partial charge on any atom is -0.361 e. The van der Waals surface area contributed by atoms with E-state index in [2.05, 4.69) is 61.7 Å². The van der Waals surface area contributed by atoms with Gasteiger partial charge < -0.3 is 20.5 Å². The van der Waals surface area contributed by atoms with Crippen molar-refractivity contribution in [2.24, 2.45) is 4.99 Å². The Morgan fingerprint density at radius 1 is 1.23 bits per heavy atom. The summed E-state index contributed by atoms with van der Waals surface area (Å²) in [6.45, 7) is 7.05. The number of piperazine rings is 1. The van der Waals surface area contributed by atoms with E-state index in [1.165, 1.54) is 22.0 Å². The molecule has 0 spiro atoms. The van der Waals surface area contributed by atoms with Crippen molar-refractivity contribution in [1.29, 1.82) is 0 Å². The molecular formula is C22H33IN6O. The van der Waals surface area contributed by atoms with E-state index < -0.39 is 0 Å². The van der Waals surface area contributed by atoms with Crippen molar-refractivity contribution in [2.45, 2.75) is 32.2 Å². The largest absolute Gasteiger partial charge is 0.361 e. The fourth-order valence-electron chi connectivity index (χ4n) is 4.03. The van der Waals surface area contributed by atoms with Crippen LogP contribution in [0.5, 0.6) is 0 Å². The molecule has 1 saturated carbocycles. The number of benzene rings is 1. The first-order valence-electron chi connectivity index (χ1n) is 10.7. The number of aliphatic imine (C=N–C) groups is 1. The summed E-state index contributed by atoms with van der Waals surface area (Å²) in [5.41, 5.74) is 3.84. The molecule has 1 aromatic carbocycles. The first-order chi connectivity index (χ1) is 14.1. The Balaban J connectivity index is 0.00000256. The van der Waals surface area contributed by atoms with Crippen molar-refractivity contribution in [3.63, 3.8) is 0 Å². The molecule has 1 amide bonds. The third-order valence-electron chi connectivity index (χ3n) is 5.88. The van der Waals surface area contributed by atoms with Crippen LogP contribution in [0.1, 0.15) is 24.0 Å². The number of halogens is 1. The highest BCUT2D eigenvalue weighted by molar-refractivity contribution is 14.0. The van der Waals surface area contributed by atoms with Gasteiger partial charge in [0, 0.05) is 62.9 Å². The molecule has 2 heterocycles. The lowest BCUT2D eigenvalue weighted by Gasteiger charge is -2.36. The van der Waals surface area contributed by atoms with Crippen molar-refractivity contribution in [3.05, 3.63) is 35.5 Å². The van der Waals surface area contributed by atoms with E-state index in [-0.39, 0.29) is 29.9 Å². The molecule has 1 aliphatic carbocycles. The average molecular weight is 524 g/mol. The number of para-hydroxylation sites is 1. The maximum atomic E-state index is 12.0. The van der Waals surface area contributed by atoms with Crippen molar-refractivity contribution in [1.82, 2.24) is 25.4 Å². The molecule has 4 rings (SSSR count). The maximum absolute atomic E-state index is 12.0. The van der Waals surface area contributed by atoms with Gasteiger partial charge in [-0.1, -0.05) is 18.2 Å². The Morgan fingerprint density at radius 3 is 2.70 bits per heavy atom. The molecule has 0 atom stereocenters. The summed E-state index contributed by atoms with van der Waals surface area (Å²) in [6.07, 6.45) is 5.34. The van der Waals surface area contributed by atoms with E-state index in [4.69, 9.17) is 0 Å². The third kappa shape index (κ3) is 5.66. The van der Waals surface area contributed by atoms with Crippen LogP contribution in [0.2, 0.25) is 0 Å². The van der Waals surface area contributed by atoms with Gasteiger partial charge in [0.1, 0.15) is 0 Å². The monoisotopic (exact) mass is 524 g/mol. The summed E-state index contributed by atoms with van der Waals surface area (Å²) in [4.78, 5) is 24.4. The summed E-state index contributed by atoms with van der Waals surface area (Å²) in [5, 5.41) is 7.89. The summed E-state index contributed by atoms with van der Waals surface area (Å²) < 4.78 is 0. The summed E-state index contributed by atoms with van der Waals surface area (Å²) in [6, 6.07) is 6.87. The lowest BCUT2D eigenvalue weighted by molar-refractivity contribution is -0.122. The van der Waals surface area contributed by atoms with Gasteiger partial charge in [0.15, 0.2) is 5.96 Å². The SMILES string of the molecule is CN=C(NCCc1c[nH]c2c(C)cccc12)N1CCN(CC(=O)NC2CC2)CC1.I. The number of fused-ring (bicyclic) bond motifs is 1. The quantitative estimate of drug-likeness (QED) is 0.308. The number of hydrogen-bond donors (Lipinski definition) is 3. The molecule has 7 nitrogen and oxygen atoms in total. The molecule has 1 aliphatic heterocycles. The van der Waals surface area contributed by atoms with Crippen LogP contribution in [0.25, 0.3) is 10.9 Å². The number of carbonyl (C=O) groups is 1. The lowest BCUT2D eigenvalue weighted by atomic mass is 10.1. The number of aryl methyl sites for hydroxylation is 1. The number of rotatable bonds is 6. The van der Waals surface area contributed by atoms with Crippen LogP contribution >= 0.6 is 24.0 Å². The Labute approximate surface area is 195 Å². The minimum atomic E-state index is 0. The van der Waals surface area contributed by atoms with Crippen LogP contribution in [0.4, 0.5) is 0 Å². The first kappa shape index (κ1) is 22.9. The number of aromatic nitrogens is 1. The van der Waals surface area contributed by atoms with E-state index in [1.807, 2.05) is 7.05 Å². The van der Waals surface area contributed by atoms with Crippen molar-refractivity contribution < 1.29 is 4.79 Å². The normalized spacial score (nSPS) is 17.7. The van der Waals surface area contributed by atoms with Crippen molar-refractivity contribution in [3.8, 4) is 0 Å². The van der Waals surface area contributed by atoms with E-state index >= 15 is 0 Å². The molecule has 0 bridgehead atoms. The number of aromatic amines is 1. The number of nitrogens with one attached hydrogen (secondary N) is 3. The Kier molecular flexibility index (Phi) is 7.99. The minimum absolute atomic E-state index is 0. The topological polar surface area (TPSA) is 75.8 Å². The highest BCUT2D eigenvalue weighted by Gasteiger charge is 2.25. The number of amides is 1. The molecule has 30 heavy (non-hydrogen) atoms. The number of guanidine groups is 1. The Hall–Kier alpha value is -1.81. The van der Waals surface area contributed by atoms with Crippen LogP contribution in [0.15, 0.2) is 29.4 Å². The van der Waals surface area contributed by atoms with Crippen LogP contribution in [0.3, 0.4) is 0 Å². The first-order valence-corrected chi connectivity index (χ1v) is 10.7. The number of carbonyl (C=O) groups excluding carboxylic acids is 1. The van der Waals surface area contributed by atoms with Crippen molar-refractivity contribution in [2.75, 3.05) is 46.3 Å². The molecule has 1 aromatic heterocycles. The molecule has 3 N–H and O–H groups in total. The Bertz CT molecular complexity index is 883. The maximum Gasteiger partial charge on any atom is 0.234 e. The van der Waals surface area contributed by atoms with Crippen LogP contribution in [0, 0.1) is 6.92 Å². The number of hydrogen-bond acceptors (Lipinski definition) is 3. The molecule has 2 aliphatic rings. The lowest BCUT2D eigenvalue weighted by Crippen LogP contribution is -2.54. The van der Waals surface area contributed by atoms with Gasteiger partial charge in [0.05, 0.1) is 6.54 Å². The number of H-pyrrole nitrogens is 1. The van der Waals surface area contributed by atoms with Gasteiger partial charge >= 0.3 is 0 Å².